The van der Waals surface area contributed by atoms with Crippen LogP contribution in [0, 0.1) is 6.92 Å². The molecule has 2 heteroatoms. The van der Waals surface area contributed by atoms with Gasteiger partial charge in [-0.3, -0.25) is 0 Å². The Morgan fingerprint density at radius 1 is 0.938 bits per heavy atom. The number of halogens is 1. The van der Waals surface area contributed by atoms with Crippen LogP contribution in [0.15, 0.2) is 53.0 Å². The zero-order valence-electron chi connectivity index (χ0n) is 9.44. The number of hydrogen-bond donors (Lipinski definition) is 0. The van der Waals surface area contributed by atoms with Crippen molar-refractivity contribution in [2.45, 2.75) is 6.92 Å². The highest BCUT2D eigenvalue weighted by molar-refractivity contribution is 9.10. The molecule has 0 saturated heterocycles. The van der Waals surface area contributed by atoms with Gasteiger partial charge in [0.2, 0.25) is 0 Å². The van der Waals surface area contributed by atoms with E-state index in [4.69, 9.17) is 0 Å². The fourth-order valence-corrected chi connectivity index (χ4v) is 1.91. The van der Waals surface area contributed by atoms with Gasteiger partial charge in [-0.05, 0) is 48.9 Å². The molecule has 0 spiro atoms. The van der Waals surface area contributed by atoms with Crippen LogP contribution in [0.25, 0.3) is 0 Å². The van der Waals surface area contributed by atoms with Crippen LogP contribution in [-0.2, 0) is 0 Å². The van der Waals surface area contributed by atoms with E-state index in [0.29, 0.717) is 0 Å². The van der Waals surface area contributed by atoms with E-state index in [2.05, 4.69) is 83.3 Å². The molecule has 16 heavy (non-hydrogen) atoms. The van der Waals surface area contributed by atoms with Crippen molar-refractivity contribution in [2.24, 2.45) is 0 Å². The molecule has 1 nitrogen and oxygen atoms in total. The van der Waals surface area contributed by atoms with Crippen LogP contribution < -0.4 is 4.90 Å². The molecule has 2 aromatic rings. The highest BCUT2D eigenvalue weighted by atomic mass is 79.9. The zero-order chi connectivity index (χ0) is 11.5. The maximum atomic E-state index is 3.44. The van der Waals surface area contributed by atoms with Gasteiger partial charge in [-0.2, -0.15) is 0 Å². The summed E-state index contributed by atoms with van der Waals surface area (Å²) in [6.07, 6.45) is 0. The van der Waals surface area contributed by atoms with Gasteiger partial charge >= 0.3 is 0 Å². The Morgan fingerprint density at radius 2 is 1.62 bits per heavy atom. The predicted molar refractivity (Wildman–Crippen MR) is 73.4 cm³/mol. The summed E-state index contributed by atoms with van der Waals surface area (Å²) in [4.78, 5) is 2.18. The lowest BCUT2D eigenvalue weighted by Gasteiger charge is -2.19. The third-order valence-corrected chi connectivity index (χ3v) is 3.13. The molecule has 0 atom stereocenters. The smallest absolute Gasteiger partial charge is 0.0410 e. The zero-order valence-corrected chi connectivity index (χ0v) is 11.0. The van der Waals surface area contributed by atoms with E-state index >= 15 is 0 Å². The molecule has 0 heterocycles. The maximum Gasteiger partial charge on any atom is 0.0410 e. The van der Waals surface area contributed by atoms with Crippen LogP contribution in [-0.4, -0.2) is 7.05 Å². The monoisotopic (exact) mass is 275 g/mol. The fraction of sp³-hybridized carbons (Fsp3) is 0.143. The largest absolute Gasteiger partial charge is 0.345 e. The Hall–Kier alpha value is -1.28. The van der Waals surface area contributed by atoms with E-state index in [-0.39, 0.29) is 0 Å². The Labute approximate surface area is 105 Å². The Bertz CT molecular complexity index is 476. The second kappa shape index (κ2) is 4.71. The topological polar surface area (TPSA) is 3.24 Å². The Kier molecular flexibility index (Phi) is 3.30. The number of rotatable bonds is 2. The van der Waals surface area contributed by atoms with E-state index in [0.717, 1.165) is 4.47 Å². The van der Waals surface area contributed by atoms with Crippen molar-refractivity contribution in [3.05, 3.63) is 58.6 Å². The lowest BCUT2D eigenvalue weighted by atomic mass is 10.2. The molecular weight excluding hydrogens is 262 g/mol. The minimum Gasteiger partial charge on any atom is -0.345 e. The molecule has 0 radical (unpaired) electrons. The first kappa shape index (κ1) is 11.2. The van der Waals surface area contributed by atoms with Crippen LogP contribution in [0.5, 0.6) is 0 Å². The number of hydrogen-bond acceptors (Lipinski definition) is 1. The van der Waals surface area contributed by atoms with Crippen LogP contribution in [0.1, 0.15) is 5.56 Å². The van der Waals surface area contributed by atoms with Crippen molar-refractivity contribution in [1.82, 2.24) is 0 Å². The van der Waals surface area contributed by atoms with E-state index in [9.17, 15) is 0 Å². The Balaban J connectivity index is 2.31. The van der Waals surface area contributed by atoms with Crippen molar-refractivity contribution in [2.75, 3.05) is 11.9 Å². The molecule has 2 aromatic carbocycles. The van der Waals surface area contributed by atoms with Crippen molar-refractivity contribution in [1.29, 1.82) is 0 Å². The molecule has 0 fully saturated rings. The summed E-state index contributed by atoms with van der Waals surface area (Å²) in [6, 6.07) is 16.8. The van der Waals surface area contributed by atoms with Gasteiger partial charge in [-0.1, -0.05) is 28.1 Å². The molecule has 0 aliphatic carbocycles. The van der Waals surface area contributed by atoms with Gasteiger partial charge < -0.3 is 4.90 Å². The Morgan fingerprint density at radius 3 is 2.25 bits per heavy atom. The van der Waals surface area contributed by atoms with Gasteiger partial charge in [-0.15, -0.1) is 0 Å². The molecule has 0 saturated carbocycles. The highest BCUT2D eigenvalue weighted by Crippen LogP contribution is 2.25. The lowest BCUT2D eigenvalue weighted by Crippen LogP contribution is -2.09. The molecule has 82 valence electrons. The minimum atomic E-state index is 1.11. The van der Waals surface area contributed by atoms with Gasteiger partial charge in [0.15, 0.2) is 0 Å². The SMILES string of the molecule is Cc1cccc(N(C)c2ccc(Br)cc2)c1. The van der Waals surface area contributed by atoms with E-state index in [1.807, 2.05) is 0 Å². The molecule has 0 aromatic heterocycles. The van der Waals surface area contributed by atoms with Gasteiger partial charge in [0.05, 0.1) is 0 Å². The van der Waals surface area contributed by atoms with Crippen LogP contribution >= 0.6 is 15.9 Å². The van der Waals surface area contributed by atoms with Crippen molar-refractivity contribution in [3.8, 4) is 0 Å². The van der Waals surface area contributed by atoms with Crippen LogP contribution in [0.3, 0.4) is 0 Å². The lowest BCUT2D eigenvalue weighted by molar-refractivity contribution is 1.20. The summed E-state index contributed by atoms with van der Waals surface area (Å²) in [5, 5.41) is 0. The van der Waals surface area contributed by atoms with Crippen molar-refractivity contribution < 1.29 is 0 Å². The standard InChI is InChI=1S/C14H14BrN/c1-11-4-3-5-14(10-11)16(2)13-8-6-12(15)7-9-13/h3-10H,1-2H3. The molecule has 0 unspecified atom stereocenters. The normalized spacial score (nSPS) is 10.2. The van der Waals surface area contributed by atoms with E-state index in [1.165, 1.54) is 16.9 Å². The molecule has 0 bridgehead atoms. The van der Waals surface area contributed by atoms with Gasteiger partial charge in [0, 0.05) is 22.9 Å². The summed E-state index contributed by atoms with van der Waals surface area (Å²) in [5.41, 5.74) is 3.68. The summed E-state index contributed by atoms with van der Waals surface area (Å²) in [5.74, 6) is 0. The second-order valence-electron chi connectivity index (χ2n) is 3.87. The second-order valence-corrected chi connectivity index (χ2v) is 4.79. The molecule has 0 N–H and O–H groups in total. The third-order valence-electron chi connectivity index (χ3n) is 2.60. The fourth-order valence-electron chi connectivity index (χ4n) is 1.65. The average molecular weight is 276 g/mol. The number of aryl methyl sites for hydroxylation is 1. The number of benzene rings is 2. The highest BCUT2D eigenvalue weighted by Gasteiger charge is 2.03. The first-order valence-electron chi connectivity index (χ1n) is 5.23. The molecule has 0 amide bonds. The third kappa shape index (κ3) is 2.45. The average Bonchev–Trinajstić information content (AvgIpc) is 2.29. The first-order valence-corrected chi connectivity index (χ1v) is 6.02. The maximum absolute atomic E-state index is 3.44. The minimum absolute atomic E-state index is 1.11. The molecular formula is C14H14BrN. The van der Waals surface area contributed by atoms with Gasteiger partial charge in [-0.25, -0.2) is 0 Å². The molecule has 0 aliphatic rings. The predicted octanol–water partition coefficient (Wildman–Crippen LogP) is 4.53. The summed E-state index contributed by atoms with van der Waals surface area (Å²) >= 11 is 3.44. The van der Waals surface area contributed by atoms with E-state index in [1.54, 1.807) is 0 Å². The number of nitrogens with zero attached hydrogens (tertiary/aromatic N) is 1. The number of anilines is 2. The van der Waals surface area contributed by atoms with Crippen molar-refractivity contribution >= 4 is 27.3 Å². The van der Waals surface area contributed by atoms with Crippen LogP contribution in [0.2, 0.25) is 0 Å². The molecule has 0 aliphatic heterocycles. The van der Waals surface area contributed by atoms with Gasteiger partial charge in [0.1, 0.15) is 0 Å². The van der Waals surface area contributed by atoms with Crippen LogP contribution in [0.4, 0.5) is 11.4 Å². The van der Waals surface area contributed by atoms with Crippen molar-refractivity contribution in [3.63, 3.8) is 0 Å². The molecule has 2 rings (SSSR count). The quantitative estimate of drug-likeness (QED) is 0.779. The van der Waals surface area contributed by atoms with Gasteiger partial charge in [0.25, 0.3) is 0 Å². The summed E-state index contributed by atoms with van der Waals surface area (Å²) in [7, 11) is 2.08. The summed E-state index contributed by atoms with van der Waals surface area (Å²) < 4.78 is 1.11. The summed E-state index contributed by atoms with van der Waals surface area (Å²) in [6.45, 7) is 2.11. The van der Waals surface area contributed by atoms with E-state index < -0.39 is 0 Å². The first-order chi connectivity index (χ1) is 7.66.